The number of carbonyl (C=O) groups excluding carboxylic acids is 2. The molecular formula is C30H38N6O5. The van der Waals surface area contributed by atoms with E-state index in [1.807, 2.05) is 48.1 Å². The lowest BCUT2D eigenvalue weighted by Gasteiger charge is -2.28. The largest absolute Gasteiger partial charge is 0.493 e. The van der Waals surface area contributed by atoms with E-state index in [-0.39, 0.29) is 11.9 Å². The molecule has 0 bridgehead atoms. The Bertz CT molecular complexity index is 1550. The first-order chi connectivity index (χ1) is 19.3. The Morgan fingerprint density at radius 2 is 1.68 bits per heavy atom. The first-order valence-electron chi connectivity index (χ1n) is 13.9. The summed E-state index contributed by atoms with van der Waals surface area (Å²) < 4.78 is 21.4. The van der Waals surface area contributed by atoms with Crippen LogP contribution >= 0.6 is 0 Å². The molecule has 1 fully saturated rings. The summed E-state index contributed by atoms with van der Waals surface area (Å²) >= 11 is 0. The lowest BCUT2D eigenvalue weighted by atomic mass is 10.1. The molecule has 41 heavy (non-hydrogen) atoms. The molecule has 0 aromatic carbocycles. The molecule has 1 aliphatic carbocycles. The quantitative estimate of drug-likeness (QED) is 0.271. The molecule has 4 aromatic rings. The zero-order valence-electron chi connectivity index (χ0n) is 24.7. The Morgan fingerprint density at radius 1 is 0.976 bits per heavy atom. The number of anilines is 1. The molecule has 2 amide bonds. The van der Waals surface area contributed by atoms with Gasteiger partial charge in [-0.3, -0.25) is 0 Å². The summed E-state index contributed by atoms with van der Waals surface area (Å²) in [7, 11) is 0. The number of amides is 2. The van der Waals surface area contributed by atoms with E-state index < -0.39 is 23.4 Å². The predicted octanol–water partition coefficient (Wildman–Crippen LogP) is 6.48. The van der Waals surface area contributed by atoms with E-state index in [9.17, 15) is 9.59 Å². The summed E-state index contributed by atoms with van der Waals surface area (Å²) in [6.07, 6.45) is 8.28. The van der Waals surface area contributed by atoms with Crippen LogP contribution in [0.5, 0.6) is 5.75 Å². The predicted molar refractivity (Wildman–Crippen MR) is 154 cm³/mol. The Balaban J connectivity index is 1.34. The van der Waals surface area contributed by atoms with Gasteiger partial charge in [-0.2, -0.15) is 4.90 Å². The molecule has 0 radical (unpaired) electrons. The molecule has 0 saturated heterocycles. The number of ether oxygens (including phenoxy) is 3. The number of carbonyl (C=O) groups is 2. The molecular weight excluding hydrogens is 524 g/mol. The van der Waals surface area contributed by atoms with E-state index >= 15 is 0 Å². The van der Waals surface area contributed by atoms with E-state index in [0.29, 0.717) is 23.6 Å². The number of hydrogen-bond acceptors (Lipinski definition) is 8. The van der Waals surface area contributed by atoms with Crippen molar-refractivity contribution in [2.75, 3.05) is 11.5 Å². The Hall–Kier alpha value is -4.15. The minimum Gasteiger partial charge on any atom is -0.493 e. The normalized spacial score (nSPS) is 17.6. The molecule has 11 heteroatoms. The monoisotopic (exact) mass is 562 g/mol. The maximum absolute atomic E-state index is 13.2. The molecule has 4 heterocycles. The van der Waals surface area contributed by atoms with Crippen LogP contribution < -0.4 is 9.64 Å². The maximum Gasteiger partial charge on any atom is 0.425 e. The van der Waals surface area contributed by atoms with Gasteiger partial charge in [-0.05, 0) is 85.8 Å². The van der Waals surface area contributed by atoms with E-state index in [4.69, 9.17) is 14.2 Å². The number of hydrogen-bond donors (Lipinski definition) is 0. The van der Waals surface area contributed by atoms with Gasteiger partial charge < -0.3 is 23.2 Å². The van der Waals surface area contributed by atoms with Gasteiger partial charge in [0.05, 0.1) is 12.0 Å². The number of imide groups is 1. The van der Waals surface area contributed by atoms with Crippen LogP contribution in [0.1, 0.15) is 72.5 Å². The van der Waals surface area contributed by atoms with Gasteiger partial charge in [-0.1, -0.05) is 0 Å². The number of pyridine rings is 1. The van der Waals surface area contributed by atoms with E-state index in [2.05, 4.69) is 19.5 Å². The number of imidazole rings is 1. The van der Waals surface area contributed by atoms with Crippen molar-refractivity contribution >= 4 is 34.7 Å². The summed E-state index contributed by atoms with van der Waals surface area (Å²) in [6.45, 7) is 13.1. The van der Waals surface area contributed by atoms with Crippen LogP contribution in [-0.4, -0.2) is 53.9 Å². The molecule has 1 saturated carbocycles. The van der Waals surface area contributed by atoms with Crippen molar-refractivity contribution in [3.63, 3.8) is 0 Å². The third-order valence-corrected chi connectivity index (χ3v) is 6.91. The van der Waals surface area contributed by atoms with Gasteiger partial charge >= 0.3 is 12.2 Å². The smallest absolute Gasteiger partial charge is 0.425 e. The van der Waals surface area contributed by atoms with Crippen molar-refractivity contribution in [3.8, 4) is 5.75 Å². The van der Waals surface area contributed by atoms with Gasteiger partial charge in [-0.15, -0.1) is 0 Å². The third kappa shape index (κ3) is 6.28. The van der Waals surface area contributed by atoms with Crippen molar-refractivity contribution in [1.82, 2.24) is 23.9 Å². The van der Waals surface area contributed by atoms with Gasteiger partial charge in [0.2, 0.25) is 0 Å². The highest BCUT2D eigenvalue weighted by atomic mass is 16.6. The number of aromatic nitrogens is 5. The number of fused-ring (bicyclic) bond motifs is 2. The van der Waals surface area contributed by atoms with Crippen molar-refractivity contribution in [2.45, 2.75) is 85.0 Å². The lowest BCUT2D eigenvalue weighted by Crippen LogP contribution is -2.44. The molecule has 5 rings (SSSR count). The highest BCUT2D eigenvalue weighted by Gasteiger charge is 2.36. The van der Waals surface area contributed by atoms with Crippen molar-refractivity contribution in [3.05, 3.63) is 48.8 Å². The van der Waals surface area contributed by atoms with E-state index in [1.165, 1.54) is 6.33 Å². The third-order valence-electron chi connectivity index (χ3n) is 6.91. The van der Waals surface area contributed by atoms with E-state index in [1.54, 1.807) is 41.5 Å². The fourth-order valence-electron chi connectivity index (χ4n) is 5.14. The van der Waals surface area contributed by atoms with Crippen molar-refractivity contribution in [1.29, 1.82) is 0 Å². The standard InChI is InChI=1S/C30H38N6O5/c1-19-16-31-24-15-22(10-12-34(19)24)39-17-20-8-9-21(14-20)35-13-11-23-25(35)32-18-33-26(23)36(27(37)40-29(2,3)4)28(38)41-30(5,6)7/h10-13,15-16,18,20-21H,8-9,14,17H2,1-7H3. The van der Waals surface area contributed by atoms with Crippen LogP contribution in [0.2, 0.25) is 0 Å². The molecule has 0 N–H and O–H groups in total. The van der Waals surface area contributed by atoms with Crippen LogP contribution in [0, 0.1) is 12.8 Å². The topological polar surface area (TPSA) is 113 Å². The highest BCUT2D eigenvalue weighted by Crippen LogP contribution is 2.38. The van der Waals surface area contributed by atoms with Crippen molar-refractivity contribution < 1.29 is 23.8 Å². The highest BCUT2D eigenvalue weighted by molar-refractivity contribution is 6.13. The second-order valence-electron chi connectivity index (χ2n) is 12.6. The molecule has 0 spiro atoms. The van der Waals surface area contributed by atoms with Crippen LogP contribution in [0.3, 0.4) is 0 Å². The van der Waals surface area contributed by atoms with Crippen LogP contribution in [-0.2, 0) is 9.47 Å². The van der Waals surface area contributed by atoms with Gasteiger partial charge in [0.1, 0.15) is 34.6 Å². The molecule has 4 aromatic heterocycles. The summed E-state index contributed by atoms with van der Waals surface area (Å²) in [5.41, 5.74) is 0.944. The Labute approximate surface area is 239 Å². The number of rotatable bonds is 5. The number of nitrogens with zero attached hydrogens (tertiary/aromatic N) is 6. The van der Waals surface area contributed by atoms with Crippen LogP contribution in [0.25, 0.3) is 16.7 Å². The first-order valence-corrected chi connectivity index (χ1v) is 13.9. The first kappa shape index (κ1) is 28.4. The average molecular weight is 563 g/mol. The van der Waals surface area contributed by atoms with Gasteiger partial charge in [0.15, 0.2) is 5.82 Å². The maximum atomic E-state index is 13.2. The van der Waals surface area contributed by atoms with Crippen molar-refractivity contribution in [2.24, 2.45) is 5.92 Å². The zero-order chi connectivity index (χ0) is 29.5. The molecule has 0 aliphatic heterocycles. The van der Waals surface area contributed by atoms with Gasteiger partial charge in [-0.25, -0.2) is 24.5 Å². The minimum atomic E-state index is -0.860. The van der Waals surface area contributed by atoms with Gasteiger partial charge in [0, 0.05) is 36.4 Å². The minimum absolute atomic E-state index is 0.125. The summed E-state index contributed by atoms with van der Waals surface area (Å²) in [5, 5.41) is 0.562. The van der Waals surface area contributed by atoms with Gasteiger partial charge in [0.25, 0.3) is 0 Å². The zero-order valence-corrected chi connectivity index (χ0v) is 24.7. The van der Waals surface area contributed by atoms with Crippen LogP contribution in [0.4, 0.5) is 15.4 Å². The second kappa shape index (κ2) is 10.7. The molecule has 11 nitrogen and oxygen atoms in total. The average Bonchev–Trinajstić information content (AvgIpc) is 3.59. The molecule has 218 valence electrons. The number of aryl methyl sites for hydroxylation is 1. The fourth-order valence-corrected chi connectivity index (χ4v) is 5.14. The Kier molecular flexibility index (Phi) is 7.39. The molecule has 1 aliphatic rings. The SMILES string of the molecule is Cc1cnc2cc(OCC3CCC(n4ccc5c(N(C(=O)OC(C)(C)C)C(=O)OC(C)(C)C)ncnc54)C3)ccn12. The Morgan fingerprint density at radius 3 is 2.37 bits per heavy atom. The summed E-state index contributed by atoms with van der Waals surface area (Å²) in [6, 6.07) is 5.95. The summed E-state index contributed by atoms with van der Waals surface area (Å²) in [5.74, 6) is 1.30. The molecule has 2 atom stereocenters. The lowest BCUT2D eigenvalue weighted by molar-refractivity contribution is 0.0429. The molecule has 2 unspecified atom stereocenters. The fraction of sp³-hybridized carbons (Fsp3) is 0.500. The van der Waals surface area contributed by atoms with Crippen LogP contribution in [0.15, 0.2) is 43.1 Å². The second-order valence-corrected chi connectivity index (χ2v) is 12.6. The summed E-state index contributed by atoms with van der Waals surface area (Å²) in [4.78, 5) is 40.6. The van der Waals surface area contributed by atoms with E-state index in [0.717, 1.165) is 41.3 Å².